The zero-order valence-corrected chi connectivity index (χ0v) is 8.64. The van der Waals surface area contributed by atoms with Crippen molar-refractivity contribution in [3.63, 3.8) is 0 Å². The minimum Gasteiger partial charge on any atom is -0.386 e. The predicted molar refractivity (Wildman–Crippen MR) is 57.6 cm³/mol. The topological polar surface area (TPSA) is 41.1 Å². The molecular formula is C11H14N2O. The molecule has 0 saturated heterocycles. The normalized spacial score (nSPS) is 17.5. The fourth-order valence-electron chi connectivity index (χ4n) is 1.81. The maximum absolute atomic E-state index is 11.7. The lowest BCUT2D eigenvalue weighted by Crippen LogP contribution is -2.26. The van der Waals surface area contributed by atoms with Gasteiger partial charge in [-0.15, -0.1) is 0 Å². The van der Waals surface area contributed by atoms with Gasteiger partial charge < -0.3 is 10.6 Å². The molecular weight excluding hydrogens is 176 g/mol. The third-order valence-electron chi connectivity index (χ3n) is 2.81. The Labute approximate surface area is 83.5 Å². The maximum Gasteiger partial charge on any atom is 0.234 e. The zero-order chi connectivity index (χ0) is 10.3. The summed E-state index contributed by atoms with van der Waals surface area (Å²) in [6.45, 7) is 3.88. The van der Waals surface area contributed by atoms with E-state index in [9.17, 15) is 4.79 Å². The van der Waals surface area contributed by atoms with Crippen LogP contribution in [0.5, 0.6) is 0 Å². The average Bonchev–Trinajstić information content (AvgIpc) is 2.39. The molecule has 0 fully saturated rings. The Balaban J connectivity index is 2.63. The molecule has 3 nitrogen and oxygen atoms in total. The second-order valence-corrected chi connectivity index (χ2v) is 4.06. The van der Waals surface area contributed by atoms with Crippen LogP contribution in [0.15, 0.2) is 18.2 Å². The molecule has 0 saturated carbocycles. The standard InChI is InChI=1S/C11H14N2O/c1-11(2)7-5-4-6-8(12-3)9(7)13-10(11)14/h4-6,12H,1-3H3,(H,13,14). The number of carbonyl (C=O) groups excluding carboxylic acids is 1. The lowest BCUT2D eigenvalue weighted by atomic mass is 9.86. The van der Waals surface area contributed by atoms with Gasteiger partial charge >= 0.3 is 0 Å². The number of hydrogen-bond donors (Lipinski definition) is 2. The van der Waals surface area contributed by atoms with E-state index in [4.69, 9.17) is 0 Å². The molecule has 1 aromatic carbocycles. The van der Waals surface area contributed by atoms with Crippen LogP contribution in [0, 0.1) is 0 Å². The maximum atomic E-state index is 11.7. The monoisotopic (exact) mass is 190 g/mol. The van der Waals surface area contributed by atoms with Gasteiger partial charge in [0.1, 0.15) is 0 Å². The summed E-state index contributed by atoms with van der Waals surface area (Å²) in [6, 6.07) is 5.92. The molecule has 2 rings (SSSR count). The Hall–Kier alpha value is -1.51. The van der Waals surface area contributed by atoms with Crippen molar-refractivity contribution in [2.45, 2.75) is 19.3 Å². The van der Waals surface area contributed by atoms with Crippen molar-refractivity contribution in [3.8, 4) is 0 Å². The molecule has 0 aliphatic carbocycles. The van der Waals surface area contributed by atoms with Crippen molar-refractivity contribution in [2.24, 2.45) is 0 Å². The molecule has 1 amide bonds. The van der Waals surface area contributed by atoms with Crippen LogP contribution in [0.3, 0.4) is 0 Å². The second kappa shape index (κ2) is 2.74. The van der Waals surface area contributed by atoms with Crippen molar-refractivity contribution in [2.75, 3.05) is 17.7 Å². The van der Waals surface area contributed by atoms with Crippen molar-refractivity contribution < 1.29 is 4.79 Å². The van der Waals surface area contributed by atoms with Crippen LogP contribution in [0.2, 0.25) is 0 Å². The highest BCUT2D eigenvalue weighted by atomic mass is 16.2. The summed E-state index contributed by atoms with van der Waals surface area (Å²) < 4.78 is 0. The van der Waals surface area contributed by atoms with Crippen LogP contribution in [-0.4, -0.2) is 13.0 Å². The molecule has 0 atom stereocenters. The molecule has 2 N–H and O–H groups in total. The van der Waals surface area contributed by atoms with E-state index < -0.39 is 5.41 Å². The van der Waals surface area contributed by atoms with E-state index in [-0.39, 0.29) is 5.91 Å². The van der Waals surface area contributed by atoms with Crippen LogP contribution >= 0.6 is 0 Å². The van der Waals surface area contributed by atoms with Crippen molar-refractivity contribution >= 4 is 17.3 Å². The molecule has 14 heavy (non-hydrogen) atoms. The van der Waals surface area contributed by atoms with E-state index in [1.54, 1.807) is 0 Å². The van der Waals surface area contributed by atoms with Gasteiger partial charge in [0.15, 0.2) is 0 Å². The molecule has 0 aromatic heterocycles. The Bertz CT molecular complexity index is 396. The smallest absolute Gasteiger partial charge is 0.234 e. The Morgan fingerprint density at radius 1 is 1.36 bits per heavy atom. The van der Waals surface area contributed by atoms with Crippen LogP contribution < -0.4 is 10.6 Å². The Kier molecular flexibility index (Phi) is 1.77. The molecule has 1 aliphatic heterocycles. The molecule has 0 radical (unpaired) electrons. The highest BCUT2D eigenvalue weighted by molar-refractivity contribution is 6.08. The first kappa shape index (κ1) is 9.06. The van der Waals surface area contributed by atoms with E-state index in [1.807, 2.05) is 39.1 Å². The summed E-state index contributed by atoms with van der Waals surface area (Å²) >= 11 is 0. The number of amides is 1. The lowest BCUT2D eigenvalue weighted by molar-refractivity contribution is -0.119. The summed E-state index contributed by atoms with van der Waals surface area (Å²) in [6.07, 6.45) is 0. The third-order valence-corrected chi connectivity index (χ3v) is 2.81. The fraction of sp³-hybridized carbons (Fsp3) is 0.364. The van der Waals surface area contributed by atoms with E-state index in [1.165, 1.54) is 0 Å². The number of nitrogens with one attached hydrogen (secondary N) is 2. The Morgan fingerprint density at radius 2 is 2.07 bits per heavy atom. The molecule has 1 aromatic rings. The lowest BCUT2D eigenvalue weighted by Gasteiger charge is -2.15. The highest BCUT2D eigenvalue weighted by Crippen LogP contribution is 2.41. The first-order valence-electron chi connectivity index (χ1n) is 4.70. The number of rotatable bonds is 1. The molecule has 0 unspecified atom stereocenters. The average molecular weight is 190 g/mol. The third kappa shape index (κ3) is 1.02. The number of fused-ring (bicyclic) bond motifs is 1. The highest BCUT2D eigenvalue weighted by Gasteiger charge is 2.39. The van der Waals surface area contributed by atoms with Crippen LogP contribution in [0.25, 0.3) is 0 Å². The van der Waals surface area contributed by atoms with Crippen molar-refractivity contribution in [1.29, 1.82) is 0 Å². The van der Waals surface area contributed by atoms with Gasteiger partial charge in [0.05, 0.1) is 16.8 Å². The van der Waals surface area contributed by atoms with Gasteiger partial charge in [-0.1, -0.05) is 12.1 Å². The molecule has 1 aliphatic rings. The predicted octanol–water partition coefficient (Wildman–Crippen LogP) is 1.96. The summed E-state index contributed by atoms with van der Waals surface area (Å²) in [5.41, 5.74) is 2.54. The fourth-order valence-corrected chi connectivity index (χ4v) is 1.81. The van der Waals surface area contributed by atoms with E-state index in [0.717, 1.165) is 16.9 Å². The van der Waals surface area contributed by atoms with Gasteiger partial charge in [0.25, 0.3) is 0 Å². The molecule has 74 valence electrons. The van der Waals surface area contributed by atoms with Crippen molar-refractivity contribution in [1.82, 2.24) is 0 Å². The molecule has 0 bridgehead atoms. The number of anilines is 2. The second-order valence-electron chi connectivity index (χ2n) is 4.06. The van der Waals surface area contributed by atoms with Crippen LogP contribution in [0.4, 0.5) is 11.4 Å². The van der Waals surface area contributed by atoms with Crippen LogP contribution in [-0.2, 0) is 10.2 Å². The van der Waals surface area contributed by atoms with Crippen LogP contribution in [0.1, 0.15) is 19.4 Å². The molecule has 3 heteroatoms. The van der Waals surface area contributed by atoms with Gasteiger partial charge in [0.2, 0.25) is 5.91 Å². The summed E-state index contributed by atoms with van der Waals surface area (Å²) in [5, 5.41) is 5.98. The number of carbonyl (C=O) groups is 1. The van der Waals surface area contributed by atoms with Gasteiger partial charge in [-0.2, -0.15) is 0 Å². The number of benzene rings is 1. The Morgan fingerprint density at radius 3 is 2.71 bits per heavy atom. The van der Waals surface area contributed by atoms with Gasteiger partial charge in [-0.05, 0) is 25.5 Å². The first-order chi connectivity index (χ1) is 6.57. The first-order valence-corrected chi connectivity index (χ1v) is 4.70. The summed E-state index contributed by atoms with van der Waals surface area (Å²) in [7, 11) is 1.85. The van der Waals surface area contributed by atoms with E-state index >= 15 is 0 Å². The number of hydrogen-bond acceptors (Lipinski definition) is 2. The van der Waals surface area contributed by atoms with E-state index in [2.05, 4.69) is 10.6 Å². The van der Waals surface area contributed by atoms with Gasteiger partial charge in [0, 0.05) is 7.05 Å². The minimum absolute atomic E-state index is 0.0650. The minimum atomic E-state index is -0.414. The zero-order valence-electron chi connectivity index (χ0n) is 8.64. The van der Waals surface area contributed by atoms with Gasteiger partial charge in [-0.25, -0.2) is 0 Å². The molecule has 1 heterocycles. The summed E-state index contributed by atoms with van der Waals surface area (Å²) in [5.74, 6) is 0.0650. The summed E-state index contributed by atoms with van der Waals surface area (Å²) in [4.78, 5) is 11.7. The van der Waals surface area contributed by atoms with Crippen molar-refractivity contribution in [3.05, 3.63) is 23.8 Å². The SMILES string of the molecule is CNc1cccc2c1NC(=O)C2(C)C. The van der Waals surface area contributed by atoms with Gasteiger partial charge in [-0.3, -0.25) is 4.79 Å². The largest absolute Gasteiger partial charge is 0.386 e. The number of para-hydroxylation sites is 1. The quantitative estimate of drug-likeness (QED) is 0.710. The van der Waals surface area contributed by atoms with E-state index in [0.29, 0.717) is 0 Å². The molecule has 0 spiro atoms.